The van der Waals surface area contributed by atoms with E-state index in [1.54, 1.807) is 48.5 Å². The van der Waals surface area contributed by atoms with E-state index in [-0.39, 0.29) is 5.75 Å². The first-order chi connectivity index (χ1) is 18.1. The molecule has 194 valence electrons. The van der Waals surface area contributed by atoms with Crippen LogP contribution in [0.1, 0.15) is 25.5 Å². The van der Waals surface area contributed by atoms with Gasteiger partial charge in [0.15, 0.2) is 0 Å². The molecule has 0 aromatic heterocycles. The molecule has 5 N–H and O–H groups in total. The summed E-state index contributed by atoms with van der Waals surface area (Å²) < 4.78 is 6.63. The van der Waals surface area contributed by atoms with E-state index >= 15 is 0 Å². The lowest BCUT2D eigenvalue weighted by Gasteiger charge is -2.32. The molecule has 4 aromatic carbocycles. The van der Waals surface area contributed by atoms with Gasteiger partial charge in [0.05, 0.1) is 17.1 Å². The second kappa shape index (κ2) is 11.4. The third-order valence-corrected chi connectivity index (χ3v) is 6.58. The van der Waals surface area contributed by atoms with Crippen molar-refractivity contribution >= 4 is 55.8 Å². The molecular formula is C30H28BrN3O4. The second-order valence-electron chi connectivity index (χ2n) is 9.37. The number of halogens is 1. The highest BCUT2D eigenvalue weighted by atomic mass is 79.9. The monoisotopic (exact) mass is 573 g/mol. The average Bonchev–Trinajstić information content (AvgIpc) is 2.89. The van der Waals surface area contributed by atoms with Gasteiger partial charge in [-0.3, -0.25) is 10.1 Å². The van der Waals surface area contributed by atoms with Crippen molar-refractivity contribution in [2.45, 2.75) is 20.0 Å². The molecule has 0 fully saturated rings. The molecule has 0 unspecified atom stereocenters. The standard InChI is InChI=1S/C30H28BrN3O4/c1-30(2,17-16-27(36)33-25-12-6-5-11-23(25)32)28(22-18-20(31)14-15-26(22)35)38-29(37)34-24-13-7-9-19-8-3-4-10-21(19)24/h3-18,28,35H,32H2,1-2H3,(H,33,36)(H,34,37)/b17-16+/t28-/m1/s1. The molecule has 4 rings (SSSR count). The van der Waals surface area contributed by atoms with Gasteiger partial charge in [-0.1, -0.05) is 84.4 Å². The van der Waals surface area contributed by atoms with Gasteiger partial charge in [0.2, 0.25) is 5.91 Å². The van der Waals surface area contributed by atoms with E-state index < -0.39 is 23.5 Å². The van der Waals surface area contributed by atoms with Gasteiger partial charge in [0.25, 0.3) is 0 Å². The van der Waals surface area contributed by atoms with E-state index in [1.165, 1.54) is 12.1 Å². The van der Waals surface area contributed by atoms with Crippen molar-refractivity contribution in [1.29, 1.82) is 0 Å². The van der Waals surface area contributed by atoms with Crippen LogP contribution in [0.4, 0.5) is 21.9 Å². The first kappa shape index (κ1) is 26.8. The van der Waals surface area contributed by atoms with E-state index in [4.69, 9.17) is 10.5 Å². The number of carbonyl (C=O) groups excluding carboxylic acids is 2. The van der Waals surface area contributed by atoms with Gasteiger partial charge in [-0.05, 0) is 47.9 Å². The van der Waals surface area contributed by atoms with Crippen molar-refractivity contribution in [1.82, 2.24) is 0 Å². The number of phenols is 1. The quantitative estimate of drug-likeness (QED) is 0.136. The van der Waals surface area contributed by atoms with Gasteiger partial charge in [-0.2, -0.15) is 0 Å². The molecule has 0 radical (unpaired) electrons. The number of nitrogen functional groups attached to an aromatic ring is 1. The van der Waals surface area contributed by atoms with Crippen molar-refractivity contribution in [3.8, 4) is 5.75 Å². The molecule has 0 saturated heterocycles. The molecule has 7 nitrogen and oxygen atoms in total. The fraction of sp³-hybridized carbons (Fsp3) is 0.133. The summed E-state index contributed by atoms with van der Waals surface area (Å²) in [6, 6.07) is 25.1. The molecular weight excluding hydrogens is 546 g/mol. The number of aromatic hydroxyl groups is 1. The summed E-state index contributed by atoms with van der Waals surface area (Å²) in [6.07, 6.45) is 1.35. The van der Waals surface area contributed by atoms with Crippen molar-refractivity contribution < 1.29 is 19.4 Å². The molecule has 0 heterocycles. The van der Waals surface area contributed by atoms with Gasteiger partial charge in [0.1, 0.15) is 11.9 Å². The van der Waals surface area contributed by atoms with Crippen molar-refractivity contribution in [3.05, 3.63) is 107 Å². The number of carbonyl (C=O) groups is 2. The van der Waals surface area contributed by atoms with Gasteiger partial charge < -0.3 is 20.9 Å². The van der Waals surface area contributed by atoms with Crippen LogP contribution in [0.5, 0.6) is 5.75 Å². The number of ether oxygens (including phenoxy) is 1. The normalized spacial score (nSPS) is 12.3. The Morgan fingerprint density at radius 2 is 1.63 bits per heavy atom. The predicted octanol–water partition coefficient (Wildman–Crippen LogP) is 7.40. The van der Waals surface area contributed by atoms with Gasteiger partial charge in [-0.15, -0.1) is 0 Å². The highest BCUT2D eigenvalue weighted by Crippen LogP contribution is 2.42. The van der Waals surface area contributed by atoms with E-state index in [1.807, 2.05) is 50.2 Å². The van der Waals surface area contributed by atoms with Crippen LogP contribution in [0, 0.1) is 5.41 Å². The predicted molar refractivity (Wildman–Crippen MR) is 155 cm³/mol. The molecule has 0 spiro atoms. The Hall–Kier alpha value is -4.30. The number of nitrogens with two attached hydrogens (primary N) is 1. The maximum absolute atomic E-state index is 13.2. The number of rotatable bonds is 7. The van der Waals surface area contributed by atoms with E-state index in [0.29, 0.717) is 27.1 Å². The Morgan fingerprint density at radius 3 is 2.42 bits per heavy atom. The van der Waals surface area contributed by atoms with Crippen LogP contribution in [-0.2, 0) is 9.53 Å². The van der Waals surface area contributed by atoms with E-state index in [2.05, 4.69) is 26.6 Å². The number of amides is 2. The second-order valence-corrected chi connectivity index (χ2v) is 10.3. The number of phenolic OH excluding ortho intramolecular Hbond substituents is 1. The fourth-order valence-electron chi connectivity index (χ4n) is 4.10. The minimum absolute atomic E-state index is 0.0425. The molecule has 4 aromatic rings. The van der Waals surface area contributed by atoms with Crippen molar-refractivity contribution in [3.63, 3.8) is 0 Å². The number of fused-ring (bicyclic) bond motifs is 1. The van der Waals surface area contributed by atoms with Crippen LogP contribution in [-0.4, -0.2) is 17.1 Å². The summed E-state index contributed by atoms with van der Waals surface area (Å²) in [7, 11) is 0. The number of benzene rings is 4. The Labute approximate surface area is 229 Å². The largest absolute Gasteiger partial charge is 0.508 e. The SMILES string of the molecule is CC(C)(/C=C/C(=O)Nc1ccccc1N)[C@H](OC(=O)Nc1cccc2ccccc12)c1cc(Br)ccc1O. The van der Waals surface area contributed by atoms with Crippen molar-refractivity contribution in [2.24, 2.45) is 5.41 Å². The van der Waals surface area contributed by atoms with Gasteiger partial charge in [0, 0.05) is 20.8 Å². The molecule has 0 aliphatic heterocycles. The molecule has 0 saturated carbocycles. The van der Waals surface area contributed by atoms with Crippen LogP contribution < -0.4 is 16.4 Å². The zero-order valence-corrected chi connectivity index (χ0v) is 22.5. The highest BCUT2D eigenvalue weighted by Gasteiger charge is 2.34. The third kappa shape index (κ3) is 6.33. The summed E-state index contributed by atoms with van der Waals surface area (Å²) >= 11 is 3.42. The molecule has 2 amide bonds. The summed E-state index contributed by atoms with van der Waals surface area (Å²) in [4.78, 5) is 25.8. The lowest BCUT2D eigenvalue weighted by atomic mass is 9.81. The average molecular weight is 574 g/mol. The fourth-order valence-corrected chi connectivity index (χ4v) is 4.47. The number of anilines is 3. The molecule has 0 aliphatic rings. The lowest BCUT2D eigenvalue weighted by molar-refractivity contribution is -0.112. The molecule has 0 bridgehead atoms. The minimum Gasteiger partial charge on any atom is -0.508 e. The van der Waals surface area contributed by atoms with Crippen LogP contribution in [0.15, 0.2) is 102 Å². The van der Waals surface area contributed by atoms with E-state index in [9.17, 15) is 14.7 Å². The third-order valence-electron chi connectivity index (χ3n) is 6.08. The van der Waals surface area contributed by atoms with Crippen LogP contribution in [0.2, 0.25) is 0 Å². The summed E-state index contributed by atoms with van der Waals surface area (Å²) in [5.41, 5.74) is 6.93. The Kier molecular flexibility index (Phi) is 8.02. The van der Waals surface area contributed by atoms with Crippen molar-refractivity contribution in [2.75, 3.05) is 16.4 Å². The molecule has 8 heteroatoms. The van der Waals surface area contributed by atoms with E-state index in [0.717, 1.165) is 10.8 Å². The Balaban J connectivity index is 1.60. The van der Waals surface area contributed by atoms with Crippen LogP contribution in [0.25, 0.3) is 10.8 Å². The molecule has 0 aliphatic carbocycles. The molecule has 1 atom stereocenters. The van der Waals surface area contributed by atoms with Crippen LogP contribution in [0.3, 0.4) is 0 Å². The maximum atomic E-state index is 13.2. The number of nitrogens with one attached hydrogen (secondary N) is 2. The van der Waals surface area contributed by atoms with Gasteiger partial charge >= 0.3 is 6.09 Å². The first-order valence-corrected chi connectivity index (χ1v) is 12.7. The topological polar surface area (TPSA) is 114 Å². The molecule has 38 heavy (non-hydrogen) atoms. The zero-order chi connectivity index (χ0) is 27.3. The lowest BCUT2D eigenvalue weighted by Crippen LogP contribution is -2.28. The first-order valence-electron chi connectivity index (χ1n) is 11.9. The number of hydrogen-bond donors (Lipinski definition) is 4. The summed E-state index contributed by atoms with van der Waals surface area (Å²) in [6.45, 7) is 3.62. The summed E-state index contributed by atoms with van der Waals surface area (Å²) in [5.74, 6) is -0.437. The summed E-state index contributed by atoms with van der Waals surface area (Å²) in [5, 5.41) is 18.1. The minimum atomic E-state index is -0.944. The van der Waals surface area contributed by atoms with Crippen LogP contribution >= 0.6 is 15.9 Å². The zero-order valence-electron chi connectivity index (χ0n) is 20.9. The smallest absolute Gasteiger partial charge is 0.412 e. The Bertz CT molecular complexity index is 1510. The number of hydrogen-bond acceptors (Lipinski definition) is 5. The number of para-hydroxylation sites is 2. The van der Waals surface area contributed by atoms with Gasteiger partial charge in [-0.25, -0.2) is 4.79 Å². The highest BCUT2D eigenvalue weighted by molar-refractivity contribution is 9.10. The Morgan fingerprint density at radius 1 is 0.947 bits per heavy atom. The maximum Gasteiger partial charge on any atom is 0.412 e.